The fourth-order valence-electron chi connectivity index (χ4n) is 5.38. The predicted molar refractivity (Wildman–Crippen MR) is 158 cm³/mol. The molecule has 208 valence electrons. The number of nitrogens with zero attached hydrogens (tertiary/aromatic N) is 3. The summed E-state index contributed by atoms with van der Waals surface area (Å²) in [6.45, 7) is 4.34. The van der Waals surface area contributed by atoms with E-state index in [0.29, 0.717) is 24.2 Å². The molecular formula is C31H34FN5O2S. The van der Waals surface area contributed by atoms with Crippen molar-refractivity contribution in [2.45, 2.75) is 55.2 Å². The average Bonchev–Trinajstić information content (AvgIpc) is 3.25. The number of anilines is 2. The molecule has 0 unspecified atom stereocenters. The molecule has 0 spiro atoms. The van der Waals surface area contributed by atoms with Crippen molar-refractivity contribution in [3.8, 4) is 0 Å². The normalized spacial score (nSPS) is 18.6. The van der Waals surface area contributed by atoms with Gasteiger partial charge in [0.25, 0.3) is 0 Å². The number of nitrogens with two attached hydrogens (primary N) is 1. The molecule has 0 atom stereocenters. The molecule has 4 aromatic rings. The molecule has 0 bridgehead atoms. The van der Waals surface area contributed by atoms with Crippen molar-refractivity contribution in [3.63, 3.8) is 0 Å². The molecule has 3 N–H and O–H groups in total. The van der Waals surface area contributed by atoms with Crippen molar-refractivity contribution in [3.05, 3.63) is 77.6 Å². The van der Waals surface area contributed by atoms with Gasteiger partial charge in [-0.1, -0.05) is 43.8 Å². The number of benzene rings is 3. The lowest BCUT2D eigenvalue weighted by Crippen LogP contribution is -2.49. The number of imide groups is 1. The lowest BCUT2D eigenvalue weighted by Gasteiger charge is -2.36. The van der Waals surface area contributed by atoms with E-state index in [1.165, 1.54) is 29.0 Å². The van der Waals surface area contributed by atoms with Crippen molar-refractivity contribution >= 4 is 46.1 Å². The minimum atomic E-state index is -0.419. The van der Waals surface area contributed by atoms with Crippen molar-refractivity contribution in [2.24, 2.45) is 13.0 Å². The molecule has 1 aliphatic carbocycles. The Morgan fingerprint density at radius 2 is 1.75 bits per heavy atom. The molecule has 2 heterocycles. The van der Waals surface area contributed by atoms with Crippen LogP contribution in [0, 0.1) is 11.7 Å². The number of hydrogen-bond donors (Lipinski definition) is 2. The van der Waals surface area contributed by atoms with Gasteiger partial charge in [0.05, 0.1) is 11.2 Å². The smallest absolute Gasteiger partial charge is 0.329 e. The zero-order valence-electron chi connectivity index (χ0n) is 23.0. The third-order valence-electron chi connectivity index (χ3n) is 7.53. The van der Waals surface area contributed by atoms with Crippen LogP contribution in [0.4, 0.5) is 20.7 Å². The minimum Gasteiger partial charge on any atom is -0.396 e. The zero-order valence-corrected chi connectivity index (χ0v) is 23.8. The maximum Gasteiger partial charge on any atom is 0.329 e. The third-order valence-corrected chi connectivity index (χ3v) is 8.53. The molecule has 1 aliphatic heterocycles. The highest BCUT2D eigenvalue weighted by molar-refractivity contribution is 7.99. The monoisotopic (exact) mass is 559 g/mol. The lowest BCUT2D eigenvalue weighted by molar-refractivity contribution is -0.120. The number of nitrogen functional groups attached to an aromatic ring is 1. The fraction of sp³-hybridized carbons (Fsp3) is 0.323. The molecule has 6 rings (SSSR count). The lowest BCUT2D eigenvalue weighted by atomic mass is 9.69. The van der Waals surface area contributed by atoms with Gasteiger partial charge in [0, 0.05) is 35.2 Å². The Morgan fingerprint density at radius 3 is 2.45 bits per heavy atom. The highest BCUT2D eigenvalue weighted by atomic mass is 32.2. The molecule has 3 amide bonds. The number of aromatic nitrogens is 2. The van der Waals surface area contributed by atoms with Gasteiger partial charge in [0.15, 0.2) is 5.82 Å². The van der Waals surface area contributed by atoms with Gasteiger partial charge in [-0.25, -0.2) is 9.18 Å². The molecule has 2 aliphatic rings. The van der Waals surface area contributed by atoms with E-state index in [-0.39, 0.29) is 23.8 Å². The largest absolute Gasteiger partial charge is 0.396 e. The molecule has 1 saturated heterocycles. The Bertz CT molecular complexity index is 1550. The van der Waals surface area contributed by atoms with Crippen molar-refractivity contribution in [2.75, 3.05) is 17.2 Å². The summed E-state index contributed by atoms with van der Waals surface area (Å²) in [6.07, 6.45) is 3.58. The number of fused-ring (bicyclic) bond motifs is 1. The second-order valence-electron chi connectivity index (χ2n) is 10.1. The summed E-state index contributed by atoms with van der Waals surface area (Å²) in [5.41, 5.74) is 9.33. The van der Waals surface area contributed by atoms with Crippen LogP contribution in [0.15, 0.2) is 70.5 Å². The number of rotatable bonds is 6. The van der Waals surface area contributed by atoms with E-state index in [2.05, 4.69) is 46.8 Å². The molecule has 2 fully saturated rings. The van der Waals surface area contributed by atoms with Crippen LogP contribution in [0.5, 0.6) is 0 Å². The van der Waals surface area contributed by atoms with Crippen LogP contribution in [-0.4, -0.2) is 28.3 Å². The number of aryl methyl sites for hydroxylation is 1. The molecular weight excluding hydrogens is 525 g/mol. The maximum absolute atomic E-state index is 13.7. The second kappa shape index (κ2) is 11.7. The SMILES string of the molecule is CC.Cn1nc(N2CCC(=O)NC2=O)c2ccc(C3CC(Cc4ccc(Sc5ccc(N)c(F)c5)cc4)C3)cc21. The number of hydrogen-bond acceptors (Lipinski definition) is 5. The number of carbonyl (C=O) groups excluding carboxylic acids is 2. The third kappa shape index (κ3) is 5.70. The van der Waals surface area contributed by atoms with Crippen molar-refractivity contribution < 1.29 is 14.0 Å². The van der Waals surface area contributed by atoms with Crippen LogP contribution in [0.3, 0.4) is 0 Å². The average molecular weight is 560 g/mol. The van der Waals surface area contributed by atoms with E-state index in [0.717, 1.165) is 40.0 Å². The highest BCUT2D eigenvalue weighted by Crippen LogP contribution is 2.44. The Labute approximate surface area is 237 Å². The van der Waals surface area contributed by atoms with E-state index in [1.54, 1.807) is 11.0 Å². The summed E-state index contributed by atoms with van der Waals surface area (Å²) in [7, 11) is 1.89. The van der Waals surface area contributed by atoms with Gasteiger partial charge < -0.3 is 5.73 Å². The summed E-state index contributed by atoms with van der Waals surface area (Å²) < 4.78 is 15.5. The Hall–Kier alpha value is -3.85. The number of halogens is 1. The Kier molecular flexibility index (Phi) is 8.12. The standard InChI is InChI=1S/C29H28FN5O2S.C2H6/c1-34-26-15-19(4-8-23(26)28(33-34)35-11-10-27(36)32-29(35)37)20-13-18(14-20)12-17-2-5-21(6-3-17)38-22-7-9-25(31)24(30)16-22;1-2/h2-9,15-16,18,20H,10-14,31H2,1H3,(H,32,36,37);1-2H3. The van der Waals surface area contributed by atoms with Gasteiger partial charge in [-0.15, -0.1) is 0 Å². The first kappa shape index (κ1) is 27.7. The topological polar surface area (TPSA) is 93.2 Å². The van der Waals surface area contributed by atoms with E-state index in [1.807, 2.05) is 37.7 Å². The molecule has 7 nitrogen and oxygen atoms in total. The maximum atomic E-state index is 13.7. The van der Waals surface area contributed by atoms with Crippen molar-refractivity contribution in [1.82, 2.24) is 15.1 Å². The van der Waals surface area contributed by atoms with Gasteiger partial charge in [-0.3, -0.25) is 19.7 Å². The second-order valence-corrected chi connectivity index (χ2v) is 11.3. The van der Waals surface area contributed by atoms with Crippen LogP contribution in [0.2, 0.25) is 0 Å². The van der Waals surface area contributed by atoms with Gasteiger partial charge in [0.1, 0.15) is 5.82 Å². The van der Waals surface area contributed by atoms with E-state index >= 15 is 0 Å². The molecule has 40 heavy (non-hydrogen) atoms. The van der Waals surface area contributed by atoms with E-state index in [9.17, 15) is 14.0 Å². The fourth-order valence-corrected chi connectivity index (χ4v) is 6.23. The van der Waals surface area contributed by atoms with Crippen LogP contribution in [-0.2, 0) is 18.3 Å². The van der Waals surface area contributed by atoms with Crippen molar-refractivity contribution in [1.29, 1.82) is 0 Å². The quantitative estimate of drug-likeness (QED) is 0.258. The molecule has 3 aromatic carbocycles. The zero-order chi connectivity index (χ0) is 28.4. The van der Waals surface area contributed by atoms with Gasteiger partial charge in [0.2, 0.25) is 5.91 Å². The summed E-state index contributed by atoms with van der Waals surface area (Å²) in [6, 6.07) is 19.4. The number of carbonyl (C=O) groups is 2. The minimum absolute atomic E-state index is 0.165. The van der Waals surface area contributed by atoms with E-state index in [4.69, 9.17) is 5.73 Å². The van der Waals surface area contributed by atoms with Gasteiger partial charge in [-0.05, 0) is 84.7 Å². The Balaban J connectivity index is 0.00000158. The molecule has 0 radical (unpaired) electrons. The predicted octanol–water partition coefficient (Wildman–Crippen LogP) is 6.65. The first-order valence-electron chi connectivity index (χ1n) is 13.7. The highest BCUT2D eigenvalue weighted by Gasteiger charge is 2.32. The molecule has 9 heteroatoms. The number of nitrogens with one attached hydrogen (secondary N) is 1. The summed E-state index contributed by atoms with van der Waals surface area (Å²) in [4.78, 5) is 27.3. The van der Waals surface area contributed by atoms with Crippen LogP contribution >= 0.6 is 11.8 Å². The molecule has 1 aromatic heterocycles. The van der Waals surface area contributed by atoms with Gasteiger partial charge in [-0.2, -0.15) is 5.10 Å². The number of urea groups is 1. The van der Waals surface area contributed by atoms with Crippen LogP contribution in [0.1, 0.15) is 50.2 Å². The summed E-state index contributed by atoms with van der Waals surface area (Å²) in [5.74, 6) is 1.10. The van der Waals surface area contributed by atoms with Crippen LogP contribution < -0.4 is 16.0 Å². The summed E-state index contributed by atoms with van der Waals surface area (Å²) >= 11 is 1.53. The number of amides is 3. The van der Waals surface area contributed by atoms with E-state index < -0.39 is 6.03 Å². The first-order valence-corrected chi connectivity index (χ1v) is 14.6. The van der Waals surface area contributed by atoms with Gasteiger partial charge >= 0.3 is 6.03 Å². The summed E-state index contributed by atoms with van der Waals surface area (Å²) in [5, 5.41) is 7.88. The Morgan fingerprint density at radius 1 is 1.02 bits per heavy atom. The van der Waals surface area contributed by atoms with Crippen LogP contribution in [0.25, 0.3) is 10.9 Å². The first-order chi connectivity index (χ1) is 19.3. The molecule has 1 saturated carbocycles.